The predicted octanol–water partition coefficient (Wildman–Crippen LogP) is 2.18. The maximum Gasteiger partial charge on any atom is 0.261 e. The quantitative estimate of drug-likeness (QED) is 0.435. The van der Waals surface area contributed by atoms with Crippen LogP contribution in [0.5, 0.6) is 0 Å². The van der Waals surface area contributed by atoms with Crippen molar-refractivity contribution in [1.82, 2.24) is 25.1 Å². The smallest absolute Gasteiger partial charge is 0.261 e. The van der Waals surface area contributed by atoms with Crippen molar-refractivity contribution in [3.05, 3.63) is 35.4 Å². The van der Waals surface area contributed by atoms with Crippen LogP contribution in [0.25, 0.3) is 0 Å². The summed E-state index contributed by atoms with van der Waals surface area (Å²) in [6.07, 6.45) is 3.98. The molecule has 1 saturated carbocycles. The van der Waals surface area contributed by atoms with Crippen LogP contribution < -0.4 is 0 Å². The number of tetrazole rings is 1. The average Bonchev–Trinajstić information content (AvgIpc) is 3.30. The second-order valence-electron chi connectivity index (χ2n) is 6.00. The van der Waals surface area contributed by atoms with Crippen LogP contribution in [-0.4, -0.2) is 49.2 Å². The molecular formula is C16H17N5O2S. The van der Waals surface area contributed by atoms with E-state index in [0.29, 0.717) is 23.7 Å². The Labute approximate surface area is 143 Å². The van der Waals surface area contributed by atoms with Gasteiger partial charge < -0.3 is 0 Å². The topological polar surface area (TPSA) is 81.0 Å². The van der Waals surface area contributed by atoms with E-state index in [1.807, 2.05) is 4.68 Å². The van der Waals surface area contributed by atoms with E-state index in [1.165, 1.54) is 4.90 Å². The SMILES string of the molecule is O=C1c2ccccc2C(=O)N1CCCCSc1nnnn1C1CC1. The van der Waals surface area contributed by atoms with Crippen LogP contribution in [0.1, 0.15) is 52.4 Å². The molecule has 2 heterocycles. The lowest BCUT2D eigenvalue weighted by atomic mass is 10.1. The number of rotatable bonds is 7. The van der Waals surface area contributed by atoms with Gasteiger partial charge >= 0.3 is 0 Å². The molecule has 1 fully saturated rings. The zero-order valence-corrected chi connectivity index (χ0v) is 13.9. The highest BCUT2D eigenvalue weighted by Gasteiger charge is 2.34. The van der Waals surface area contributed by atoms with Gasteiger partial charge in [-0.15, -0.1) is 5.10 Å². The number of amides is 2. The van der Waals surface area contributed by atoms with E-state index in [1.54, 1.807) is 36.0 Å². The number of imide groups is 1. The molecule has 2 aromatic rings. The maximum atomic E-state index is 12.3. The van der Waals surface area contributed by atoms with Crippen LogP contribution in [0.15, 0.2) is 29.4 Å². The fourth-order valence-electron chi connectivity index (χ4n) is 2.81. The van der Waals surface area contributed by atoms with Crippen LogP contribution in [-0.2, 0) is 0 Å². The minimum absolute atomic E-state index is 0.180. The Hall–Kier alpha value is -2.22. The highest BCUT2D eigenvalue weighted by molar-refractivity contribution is 7.99. The number of hydrogen-bond acceptors (Lipinski definition) is 6. The number of carbonyl (C=O) groups is 2. The number of aromatic nitrogens is 4. The van der Waals surface area contributed by atoms with Gasteiger partial charge in [0.1, 0.15) is 0 Å². The molecule has 4 rings (SSSR count). The summed E-state index contributed by atoms with van der Waals surface area (Å²) in [5.41, 5.74) is 1.03. The van der Waals surface area contributed by atoms with Crippen LogP contribution in [0.2, 0.25) is 0 Å². The standard InChI is InChI=1S/C16H17N5O2S/c22-14-12-5-1-2-6-13(12)15(23)20(14)9-3-4-10-24-16-17-18-19-21(16)11-7-8-11/h1-2,5-6,11H,3-4,7-10H2. The molecule has 1 aromatic carbocycles. The predicted molar refractivity (Wildman–Crippen MR) is 87.9 cm³/mol. The van der Waals surface area contributed by atoms with Gasteiger partial charge in [0.2, 0.25) is 5.16 Å². The van der Waals surface area contributed by atoms with Gasteiger partial charge in [-0.2, -0.15) is 0 Å². The summed E-state index contributed by atoms with van der Waals surface area (Å²) in [6.45, 7) is 0.459. The molecule has 1 aromatic heterocycles. The van der Waals surface area contributed by atoms with E-state index in [9.17, 15) is 9.59 Å². The van der Waals surface area contributed by atoms with Crippen molar-refractivity contribution in [3.8, 4) is 0 Å². The third kappa shape index (κ3) is 2.82. The molecular weight excluding hydrogens is 326 g/mol. The van der Waals surface area contributed by atoms with E-state index < -0.39 is 0 Å². The number of fused-ring (bicyclic) bond motifs is 1. The zero-order chi connectivity index (χ0) is 16.5. The first-order valence-electron chi connectivity index (χ1n) is 8.11. The first kappa shape index (κ1) is 15.3. The van der Waals surface area contributed by atoms with Gasteiger partial charge in [-0.05, 0) is 48.2 Å². The van der Waals surface area contributed by atoms with E-state index in [4.69, 9.17) is 0 Å². The van der Waals surface area contributed by atoms with Crippen molar-refractivity contribution in [2.24, 2.45) is 0 Å². The Balaban J connectivity index is 1.26. The van der Waals surface area contributed by atoms with Gasteiger partial charge in [0.15, 0.2) is 0 Å². The second-order valence-corrected chi connectivity index (χ2v) is 7.06. The van der Waals surface area contributed by atoms with E-state index in [0.717, 1.165) is 36.6 Å². The van der Waals surface area contributed by atoms with Gasteiger partial charge in [-0.25, -0.2) is 4.68 Å². The lowest BCUT2D eigenvalue weighted by molar-refractivity contribution is 0.0652. The van der Waals surface area contributed by atoms with Crippen LogP contribution in [0.3, 0.4) is 0 Å². The van der Waals surface area contributed by atoms with E-state index in [2.05, 4.69) is 15.5 Å². The molecule has 24 heavy (non-hydrogen) atoms. The van der Waals surface area contributed by atoms with Gasteiger partial charge in [0.05, 0.1) is 17.2 Å². The molecule has 7 nitrogen and oxygen atoms in total. The highest BCUT2D eigenvalue weighted by atomic mass is 32.2. The molecule has 0 atom stereocenters. The fourth-order valence-corrected chi connectivity index (χ4v) is 3.75. The van der Waals surface area contributed by atoms with Gasteiger partial charge in [0.25, 0.3) is 11.8 Å². The third-order valence-corrected chi connectivity index (χ3v) is 5.26. The molecule has 0 radical (unpaired) electrons. The summed E-state index contributed by atoms with van der Waals surface area (Å²) in [5, 5.41) is 12.7. The van der Waals surface area contributed by atoms with Crippen molar-refractivity contribution in [1.29, 1.82) is 0 Å². The first-order valence-corrected chi connectivity index (χ1v) is 9.10. The Bertz CT molecular complexity index is 751. The number of thioether (sulfide) groups is 1. The summed E-state index contributed by atoms with van der Waals surface area (Å²) < 4.78 is 1.90. The number of nitrogens with zero attached hydrogens (tertiary/aromatic N) is 5. The van der Waals surface area contributed by atoms with E-state index in [-0.39, 0.29) is 11.8 Å². The van der Waals surface area contributed by atoms with Crippen LogP contribution in [0.4, 0.5) is 0 Å². The Kier molecular flexibility index (Phi) is 4.05. The van der Waals surface area contributed by atoms with Crippen molar-refractivity contribution in [2.75, 3.05) is 12.3 Å². The molecule has 0 spiro atoms. The first-order chi connectivity index (χ1) is 11.8. The molecule has 124 valence electrons. The minimum atomic E-state index is -0.180. The maximum absolute atomic E-state index is 12.3. The largest absolute Gasteiger partial charge is 0.274 e. The molecule has 1 aliphatic carbocycles. The lowest BCUT2D eigenvalue weighted by Gasteiger charge is -2.13. The van der Waals surface area contributed by atoms with Gasteiger partial charge in [-0.3, -0.25) is 14.5 Å². The number of hydrogen-bond donors (Lipinski definition) is 0. The molecule has 1 aliphatic heterocycles. The van der Waals surface area contributed by atoms with Gasteiger partial charge in [0, 0.05) is 12.3 Å². The van der Waals surface area contributed by atoms with Crippen LogP contribution >= 0.6 is 11.8 Å². The number of carbonyl (C=O) groups excluding carboxylic acids is 2. The van der Waals surface area contributed by atoms with Crippen LogP contribution in [0, 0.1) is 0 Å². The third-order valence-electron chi connectivity index (χ3n) is 4.24. The summed E-state index contributed by atoms with van der Waals surface area (Å²) in [4.78, 5) is 25.9. The van der Waals surface area contributed by atoms with Crippen molar-refractivity contribution >= 4 is 23.6 Å². The van der Waals surface area contributed by atoms with Crippen molar-refractivity contribution < 1.29 is 9.59 Å². The molecule has 0 saturated heterocycles. The minimum Gasteiger partial charge on any atom is -0.274 e. The summed E-state index contributed by atoms with van der Waals surface area (Å²) in [6, 6.07) is 7.47. The average molecular weight is 343 g/mol. The fraction of sp³-hybridized carbons (Fsp3) is 0.438. The normalized spacial score (nSPS) is 16.8. The number of benzene rings is 1. The zero-order valence-electron chi connectivity index (χ0n) is 13.1. The molecule has 2 amide bonds. The number of unbranched alkanes of at least 4 members (excludes halogenated alkanes) is 1. The van der Waals surface area contributed by atoms with Gasteiger partial charge in [-0.1, -0.05) is 23.9 Å². The molecule has 0 bridgehead atoms. The Morgan fingerprint density at radius 1 is 1.08 bits per heavy atom. The second kappa shape index (κ2) is 6.35. The molecule has 0 unspecified atom stereocenters. The highest BCUT2D eigenvalue weighted by Crippen LogP contribution is 2.36. The van der Waals surface area contributed by atoms with Crippen molar-refractivity contribution in [2.45, 2.75) is 36.9 Å². The summed E-state index contributed by atoms with van der Waals surface area (Å²) in [7, 11) is 0. The summed E-state index contributed by atoms with van der Waals surface area (Å²) in [5.74, 6) is 0.512. The Morgan fingerprint density at radius 3 is 2.46 bits per heavy atom. The monoisotopic (exact) mass is 343 g/mol. The lowest BCUT2D eigenvalue weighted by Crippen LogP contribution is -2.30. The molecule has 2 aliphatic rings. The van der Waals surface area contributed by atoms with Crippen molar-refractivity contribution in [3.63, 3.8) is 0 Å². The Morgan fingerprint density at radius 2 is 1.79 bits per heavy atom. The van der Waals surface area contributed by atoms with E-state index >= 15 is 0 Å². The molecule has 8 heteroatoms. The molecule has 0 N–H and O–H groups in total. The summed E-state index contributed by atoms with van der Waals surface area (Å²) >= 11 is 1.63.